The molecule has 0 aromatic carbocycles. The van der Waals surface area contributed by atoms with Crippen molar-refractivity contribution in [2.45, 2.75) is 0 Å². The van der Waals surface area contributed by atoms with Crippen molar-refractivity contribution >= 4 is 23.9 Å². The van der Waals surface area contributed by atoms with E-state index >= 15 is 0 Å². The molecule has 20 heavy (non-hydrogen) atoms. The average Bonchev–Trinajstić information content (AvgIpc) is 2.46. The zero-order valence-electron chi connectivity index (χ0n) is 11.1. The van der Waals surface area contributed by atoms with Gasteiger partial charge in [0.1, 0.15) is 25.1 Å². The second-order valence-electron chi connectivity index (χ2n) is 4.17. The summed E-state index contributed by atoms with van der Waals surface area (Å²) in [6.45, 7) is 1.91. The molecule has 0 spiro atoms. The number of nitrogens with zero attached hydrogens (tertiary/aromatic N) is 5. The van der Waals surface area contributed by atoms with Gasteiger partial charge in [0.2, 0.25) is 0 Å². The number of oxime groups is 1. The quantitative estimate of drug-likeness (QED) is 0.583. The van der Waals surface area contributed by atoms with Gasteiger partial charge in [0.15, 0.2) is 0 Å². The van der Waals surface area contributed by atoms with E-state index in [0.29, 0.717) is 43.4 Å². The van der Waals surface area contributed by atoms with Gasteiger partial charge in [-0.15, -0.1) is 0 Å². The largest absolute Gasteiger partial charge is 0.465 e. The molecule has 2 heterocycles. The molecule has 0 radical (unpaired) electrons. The number of carboxylic acid groups (broad SMARTS) is 1. The Bertz CT molecular complexity index is 513. The third-order valence-electron chi connectivity index (χ3n) is 3.03. The third kappa shape index (κ3) is 2.87. The minimum absolute atomic E-state index is 0.302. The monoisotopic (exact) mass is 280 g/mol. The Hall–Kier alpha value is -2.58. The normalized spacial score (nSPS) is 15.7. The first-order valence-electron chi connectivity index (χ1n) is 6.03. The van der Waals surface area contributed by atoms with Gasteiger partial charge in [0.05, 0.1) is 11.8 Å². The molecule has 0 unspecified atom stereocenters. The van der Waals surface area contributed by atoms with Crippen LogP contribution in [-0.2, 0) is 4.84 Å². The average molecular weight is 280 g/mol. The van der Waals surface area contributed by atoms with E-state index in [4.69, 9.17) is 10.8 Å². The summed E-state index contributed by atoms with van der Waals surface area (Å²) in [6.07, 6.45) is 1.92. The van der Waals surface area contributed by atoms with Crippen molar-refractivity contribution in [2.75, 3.05) is 43.9 Å². The van der Waals surface area contributed by atoms with Crippen LogP contribution in [0.5, 0.6) is 0 Å². The van der Waals surface area contributed by atoms with Crippen LogP contribution in [0, 0.1) is 0 Å². The van der Waals surface area contributed by atoms with Crippen LogP contribution in [0.25, 0.3) is 0 Å². The fourth-order valence-corrected chi connectivity index (χ4v) is 1.99. The van der Waals surface area contributed by atoms with E-state index in [1.165, 1.54) is 24.6 Å². The van der Waals surface area contributed by atoms with Crippen molar-refractivity contribution in [1.29, 1.82) is 0 Å². The predicted molar refractivity (Wildman–Crippen MR) is 72.9 cm³/mol. The van der Waals surface area contributed by atoms with Crippen LogP contribution in [0.15, 0.2) is 11.5 Å². The number of anilines is 2. The standard InChI is InChI=1S/C11H16N6O3/c1-20-15-6-8-9(12)13-7-14-10(8)16-2-4-17(5-3-16)11(18)19/h6-7H,2-5H2,1H3,(H,18,19)(H2,12,13,14). The van der Waals surface area contributed by atoms with Crippen molar-refractivity contribution in [1.82, 2.24) is 14.9 Å². The maximum Gasteiger partial charge on any atom is 0.407 e. The maximum atomic E-state index is 10.9. The van der Waals surface area contributed by atoms with E-state index in [1.807, 2.05) is 4.90 Å². The molecule has 0 saturated carbocycles. The lowest BCUT2D eigenvalue weighted by atomic mass is 10.2. The van der Waals surface area contributed by atoms with Gasteiger partial charge >= 0.3 is 6.09 Å². The van der Waals surface area contributed by atoms with Crippen molar-refractivity contribution in [3.8, 4) is 0 Å². The molecule has 1 saturated heterocycles. The summed E-state index contributed by atoms with van der Waals surface area (Å²) >= 11 is 0. The zero-order valence-corrected chi connectivity index (χ0v) is 11.1. The van der Waals surface area contributed by atoms with Crippen LogP contribution >= 0.6 is 0 Å². The van der Waals surface area contributed by atoms with Crippen LogP contribution < -0.4 is 10.6 Å². The predicted octanol–water partition coefficient (Wildman–Crippen LogP) is -0.161. The number of hydrogen-bond acceptors (Lipinski definition) is 7. The number of nitrogen functional groups attached to an aromatic ring is 1. The van der Waals surface area contributed by atoms with Gasteiger partial charge < -0.3 is 25.5 Å². The summed E-state index contributed by atoms with van der Waals surface area (Å²) in [4.78, 5) is 27.0. The molecule has 1 aliphatic rings. The lowest BCUT2D eigenvalue weighted by Gasteiger charge is -2.34. The molecule has 1 fully saturated rings. The van der Waals surface area contributed by atoms with Crippen LogP contribution in [0.2, 0.25) is 0 Å². The molecule has 1 aromatic rings. The van der Waals surface area contributed by atoms with Crippen LogP contribution in [0.4, 0.5) is 16.4 Å². The highest BCUT2D eigenvalue weighted by Crippen LogP contribution is 2.21. The number of aromatic nitrogens is 2. The van der Waals surface area contributed by atoms with Gasteiger partial charge in [0.25, 0.3) is 0 Å². The molecular formula is C11H16N6O3. The smallest absolute Gasteiger partial charge is 0.407 e. The Kier molecular flexibility index (Phi) is 4.18. The lowest BCUT2D eigenvalue weighted by Crippen LogP contribution is -2.48. The summed E-state index contributed by atoms with van der Waals surface area (Å²) in [6, 6.07) is 0. The number of piperazine rings is 1. The zero-order chi connectivity index (χ0) is 14.5. The Morgan fingerprint density at radius 3 is 2.75 bits per heavy atom. The molecular weight excluding hydrogens is 264 g/mol. The molecule has 108 valence electrons. The molecule has 9 nitrogen and oxygen atoms in total. The highest BCUT2D eigenvalue weighted by atomic mass is 16.6. The van der Waals surface area contributed by atoms with Crippen molar-refractivity contribution in [3.63, 3.8) is 0 Å². The van der Waals surface area contributed by atoms with Crippen molar-refractivity contribution < 1.29 is 14.7 Å². The second kappa shape index (κ2) is 6.04. The lowest BCUT2D eigenvalue weighted by molar-refractivity contribution is 0.142. The fourth-order valence-electron chi connectivity index (χ4n) is 1.99. The number of carbonyl (C=O) groups is 1. The van der Waals surface area contributed by atoms with Gasteiger partial charge in [-0.05, 0) is 0 Å². The van der Waals surface area contributed by atoms with Crippen LogP contribution in [0.1, 0.15) is 5.56 Å². The maximum absolute atomic E-state index is 10.9. The van der Waals surface area contributed by atoms with Gasteiger partial charge in [-0.1, -0.05) is 5.16 Å². The van der Waals surface area contributed by atoms with Crippen LogP contribution in [0.3, 0.4) is 0 Å². The Morgan fingerprint density at radius 2 is 2.15 bits per heavy atom. The van der Waals surface area contributed by atoms with E-state index in [-0.39, 0.29) is 0 Å². The SMILES string of the molecule is CON=Cc1c(N)ncnc1N1CCN(C(=O)O)CC1. The third-order valence-corrected chi connectivity index (χ3v) is 3.03. The molecule has 1 aromatic heterocycles. The summed E-state index contributed by atoms with van der Waals surface area (Å²) in [7, 11) is 1.43. The number of nitrogens with two attached hydrogens (primary N) is 1. The summed E-state index contributed by atoms with van der Waals surface area (Å²) in [5.74, 6) is 0.930. The molecule has 9 heteroatoms. The first-order valence-corrected chi connectivity index (χ1v) is 6.03. The topological polar surface area (TPSA) is 117 Å². The van der Waals surface area contributed by atoms with E-state index in [9.17, 15) is 4.79 Å². The van der Waals surface area contributed by atoms with Crippen molar-refractivity contribution in [2.24, 2.45) is 5.16 Å². The Morgan fingerprint density at radius 1 is 1.45 bits per heavy atom. The van der Waals surface area contributed by atoms with Gasteiger partial charge in [-0.3, -0.25) is 0 Å². The first-order chi connectivity index (χ1) is 9.63. The molecule has 3 N–H and O–H groups in total. The van der Waals surface area contributed by atoms with Gasteiger partial charge in [-0.2, -0.15) is 0 Å². The summed E-state index contributed by atoms with van der Waals surface area (Å²) in [5, 5.41) is 12.6. The number of amides is 1. The van der Waals surface area contributed by atoms with E-state index in [1.54, 1.807) is 0 Å². The highest BCUT2D eigenvalue weighted by molar-refractivity contribution is 5.91. The Labute approximate surface area is 115 Å². The van der Waals surface area contributed by atoms with Crippen molar-refractivity contribution in [3.05, 3.63) is 11.9 Å². The molecule has 1 aliphatic heterocycles. The van der Waals surface area contributed by atoms with E-state index in [2.05, 4.69) is 20.0 Å². The van der Waals surface area contributed by atoms with Crippen LogP contribution in [-0.4, -0.2) is 65.6 Å². The minimum Gasteiger partial charge on any atom is -0.465 e. The number of rotatable bonds is 3. The summed E-state index contributed by atoms with van der Waals surface area (Å²) in [5.41, 5.74) is 6.38. The molecule has 1 amide bonds. The molecule has 0 bridgehead atoms. The molecule has 2 rings (SSSR count). The highest BCUT2D eigenvalue weighted by Gasteiger charge is 2.23. The van der Waals surface area contributed by atoms with Gasteiger partial charge in [0, 0.05) is 26.2 Å². The van der Waals surface area contributed by atoms with Gasteiger partial charge in [-0.25, -0.2) is 14.8 Å². The summed E-state index contributed by atoms with van der Waals surface area (Å²) < 4.78 is 0. The minimum atomic E-state index is -0.909. The van der Waals surface area contributed by atoms with E-state index < -0.39 is 6.09 Å². The fraction of sp³-hybridized carbons (Fsp3) is 0.455. The molecule has 0 atom stereocenters. The second-order valence-corrected chi connectivity index (χ2v) is 4.17. The molecule has 0 aliphatic carbocycles. The Balaban J connectivity index is 2.19. The number of hydrogen-bond donors (Lipinski definition) is 2. The first kappa shape index (κ1) is 13.8. The van der Waals surface area contributed by atoms with E-state index in [0.717, 1.165) is 0 Å².